The second-order valence-electron chi connectivity index (χ2n) is 5.56. The first-order valence-electron chi connectivity index (χ1n) is 7.94. The summed E-state index contributed by atoms with van der Waals surface area (Å²) in [6.07, 6.45) is 0.949. The highest BCUT2D eigenvalue weighted by Gasteiger charge is 2.22. The van der Waals surface area contributed by atoms with Gasteiger partial charge in [-0.2, -0.15) is 0 Å². The maximum Gasteiger partial charge on any atom is 0.271 e. The summed E-state index contributed by atoms with van der Waals surface area (Å²) in [7, 11) is -3.78. The molecule has 1 N–H and O–H groups in total. The third-order valence-corrected chi connectivity index (χ3v) is 5.61. The van der Waals surface area contributed by atoms with Crippen molar-refractivity contribution in [2.24, 2.45) is 0 Å². The zero-order valence-electron chi connectivity index (χ0n) is 14.6. The average Bonchev–Trinajstić information content (AvgIpc) is 2.63. The van der Waals surface area contributed by atoms with Gasteiger partial charge in [0.05, 0.1) is 16.9 Å². The summed E-state index contributed by atoms with van der Waals surface area (Å²) in [5.74, 6) is 0.145. The molecule has 0 aromatic heterocycles. The molecule has 0 saturated heterocycles. The number of nitrogens with one attached hydrogen (secondary N) is 1. The van der Waals surface area contributed by atoms with Gasteiger partial charge in [0.1, 0.15) is 6.54 Å². The van der Waals surface area contributed by atoms with E-state index in [1.54, 1.807) is 11.8 Å². The Kier molecular flexibility index (Phi) is 7.19. The highest BCUT2D eigenvalue weighted by Crippen LogP contribution is 2.23. The van der Waals surface area contributed by atoms with E-state index in [2.05, 4.69) is 5.32 Å². The zero-order chi connectivity index (χ0) is 19.9. The van der Waals surface area contributed by atoms with Crippen LogP contribution in [0.25, 0.3) is 0 Å². The summed E-state index contributed by atoms with van der Waals surface area (Å²) in [4.78, 5) is 23.5. The van der Waals surface area contributed by atoms with Crippen LogP contribution in [0.4, 0.5) is 11.4 Å². The van der Waals surface area contributed by atoms with Crippen LogP contribution in [0.5, 0.6) is 0 Å². The van der Waals surface area contributed by atoms with Crippen LogP contribution in [-0.2, 0) is 14.8 Å². The highest BCUT2D eigenvalue weighted by molar-refractivity contribution is 7.99. The predicted molar refractivity (Wildman–Crippen MR) is 105 cm³/mol. The molecule has 1 amide bonds. The Morgan fingerprint density at radius 2 is 1.89 bits per heavy atom. The molecule has 144 valence electrons. The van der Waals surface area contributed by atoms with Crippen molar-refractivity contribution in [3.63, 3.8) is 0 Å². The minimum Gasteiger partial charge on any atom is -0.354 e. The second-order valence-corrected chi connectivity index (χ2v) is 8.63. The summed E-state index contributed by atoms with van der Waals surface area (Å²) in [5, 5.41) is 13.6. The highest BCUT2D eigenvalue weighted by atomic mass is 32.2. The molecule has 8 nitrogen and oxygen atoms in total. The molecule has 0 fully saturated rings. The van der Waals surface area contributed by atoms with Crippen molar-refractivity contribution >= 4 is 39.1 Å². The van der Waals surface area contributed by atoms with Crippen LogP contribution >= 0.6 is 11.8 Å². The van der Waals surface area contributed by atoms with Crippen LogP contribution < -0.4 is 9.62 Å². The molecule has 0 bridgehead atoms. The number of carbonyl (C=O) groups is 1. The molecule has 2 rings (SSSR count). The number of nitro benzene ring substituents is 1. The molecular weight excluding hydrogens is 390 g/mol. The van der Waals surface area contributed by atoms with Crippen molar-refractivity contribution in [1.82, 2.24) is 5.32 Å². The van der Waals surface area contributed by atoms with Crippen molar-refractivity contribution < 1.29 is 18.1 Å². The Balaban J connectivity index is 1.96. The molecule has 0 aliphatic heterocycles. The monoisotopic (exact) mass is 409 g/mol. The molecule has 0 aliphatic rings. The van der Waals surface area contributed by atoms with Crippen molar-refractivity contribution in [1.29, 1.82) is 0 Å². The van der Waals surface area contributed by atoms with Gasteiger partial charge in [-0.25, -0.2) is 8.42 Å². The van der Waals surface area contributed by atoms with Crippen molar-refractivity contribution in [3.8, 4) is 0 Å². The minimum atomic E-state index is -3.78. The lowest BCUT2D eigenvalue weighted by Crippen LogP contribution is -2.41. The van der Waals surface area contributed by atoms with E-state index in [9.17, 15) is 23.3 Å². The number of thioether (sulfide) groups is 1. The molecular formula is C17H19N3O5S2. The lowest BCUT2D eigenvalue weighted by molar-refractivity contribution is -0.384. The van der Waals surface area contributed by atoms with Gasteiger partial charge in [0.25, 0.3) is 5.69 Å². The smallest absolute Gasteiger partial charge is 0.271 e. The fourth-order valence-corrected chi connectivity index (χ4v) is 3.86. The van der Waals surface area contributed by atoms with Gasteiger partial charge >= 0.3 is 0 Å². The van der Waals surface area contributed by atoms with Crippen molar-refractivity contribution in [3.05, 3.63) is 64.7 Å². The summed E-state index contributed by atoms with van der Waals surface area (Å²) in [6.45, 7) is -0.0824. The van der Waals surface area contributed by atoms with Gasteiger partial charge in [0.2, 0.25) is 15.9 Å². The van der Waals surface area contributed by atoms with Crippen LogP contribution in [0.2, 0.25) is 0 Å². The summed E-state index contributed by atoms with van der Waals surface area (Å²) >= 11 is 1.57. The van der Waals surface area contributed by atoms with E-state index in [0.717, 1.165) is 21.5 Å². The first-order valence-corrected chi connectivity index (χ1v) is 10.8. The fraction of sp³-hybridized carbons (Fsp3) is 0.235. The number of benzene rings is 2. The molecule has 2 aromatic rings. The number of nitrogens with zero attached hydrogens (tertiary/aromatic N) is 2. The minimum absolute atomic E-state index is 0.0699. The van der Waals surface area contributed by atoms with E-state index in [1.165, 1.54) is 18.2 Å². The number of hydrogen-bond donors (Lipinski definition) is 1. The van der Waals surface area contributed by atoms with Crippen molar-refractivity contribution in [2.45, 2.75) is 4.90 Å². The SMILES string of the molecule is CS(=O)(=O)N(CC(=O)NCCSc1ccccc1)c1cccc([N+](=O)[O-])c1. The van der Waals surface area contributed by atoms with Gasteiger partial charge in [-0.3, -0.25) is 19.2 Å². The van der Waals surface area contributed by atoms with Crippen LogP contribution in [0.15, 0.2) is 59.5 Å². The molecule has 0 saturated carbocycles. The summed E-state index contributed by atoms with van der Waals surface area (Å²) < 4.78 is 24.9. The normalized spacial score (nSPS) is 11.0. The van der Waals surface area contributed by atoms with E-state index in [4.69, 9.17) is 0 Å². The number of amides is 1. The predicted octanol–water partition coefficient (Wildman–Crippen LogP) is 2.27. The molecule has 0 spiro atoms. The Labute approximate surface area is 161 Å². The molecule has 0 heterocycles. The van der Waals surface area contributed by atoms with Gasteiger partial charge in [0, 0.05) is 29.3 Å². The van der Waals surface area contributed by atoms with Crippen LogP contribution in [0.3, 0.4) is 0 Å². The molecule has 0 unspecified atom stereocenters. The van der Waals surface area contributed by atoms with Gasteiger partial charge in [0.15, 0.2) is 0 Å². The Morgan fingerprint density at radius 1 is 1.19 bits per heavy atom. The maximum atomic E-state index is 12.1. The van der Waals surface area contributed by atoms with Gasteiger partial charge in [-0.15, -0.1) is 11.8 Å². The lowest BCUT2D eigenvalue weighted by atomic mass is 10.3. The molecule has 0 atom stereocenters. The van der Waals surface area contributed by atoms with Gasteiger partial charge in [-0.05, 0) is 18.2 Å². The van der Waals surface area contributed by atoms with Crippen molar-refractivity contribution in [2.75, 3.05) is 29.4 Å². The van der Waals surface area contributed by atoms with Crippen LogP contribution in [0, 0.1) is 10.1 Å². The van der Waals surface area contributed by atoms with E-state index in [-0.39, 0.29) is 11.4 Å². The number of nitro groups is 1. The number of rotatable bonds is 9. The number of hydrogen-bond acceptors (Lipinski definition) is 6. The number of carbonyl (C=O) groups excluding carboxylic acids is 1. The van der Waals surface area contributed by atoms with E-state index in [1.807, 2.05) is 30.3 Å². The summed E-state index contributed by atoms with van der Waals surface area (Å²) in [5.41, 5.74) is -0.179. The Hall–Kier alpha value is -2.59. The first-order chi connectivity index (χ1) is 12.8. The van der Waals surface area contributed by atoms with E-state index in [0.29, 0.717) is 12.3 Å². The molecule has 27 heavy (non-hydrogen) atoms. The average molecular weight is 409 g/mol. The topological polar surface area (TPSA) is 110 Å². The summed E-state index contributed by atoms with van der Waals surface area (Å²) in [6, 6.07) is 14.8. The van der Waals surface area contributed by atoms with E-state index < -0.39 is 27.4 Å². The largest absolute Gasteiger partial charge is 0.354 e. The standard InChI is InChI=1S/C17H19N3O5S2/c1-27(24,25)19(14-6-5-7-15(12-14)20(22)23)13-17(21)18-10-11-26-16-8-3-2-4-9-16/h2-9,12H,10-11,13H2,1H3,(H,18,21). The molecule has 2 aromatic carbocycles. The number of anilines is 1. The van der Waals surface area contributed by atoms with Crippen LogP contribution in [-0.4, -0.2) is 44.3 Å². The van der Waals surface area contributed by atoms with E-state index >= 15 is 0 Å². The van der Waals surface area contributed by atoms with Crippen LogP contribution in [0.1, 0.15) is 0 Å². The fourth-order valence-electron chi connectivity index (χ4n) is 2.22. The molecule has 0 aliphatic carbocycles. The number of non-ortho nitro benzene ring substituents is 1. The third-order valence-electron chi connectivity index (χ3n) is 3.45. The maximum absolute atomic E-state index is 12.1. The third kappa shape index (κ3) is 6.57. The lowest BCUT2D eigenvalue weighted by Gasteiger charge is -2.21. The van der Waals surface area contributed by atoms with Gasteiger partial charge < -0.3 is 5.32 Å². The Morgan fingerprint density at radius 3 is 2.52 bits per heavy atom. The second kappa shape index (κ2) is 9.38. The zero-order valence-corrected chi connectivity index (χ0v) is 16.2. The molecule has 0 radical (unpaired) electrons. The van der Waals surface area contributed by atoms with Gasteiger partial charge in [-0.1, -0.05) is 24.3 Å². The first kappa shape index (κ1) is 20.7. The molecule has 10 heteroatoms. The number of sulfonamides is 1. The quantitative estimate of drug-likeness (QED) is 0.294. The Bertz CT molecular complexity index is 904.